The summed E-state index contributed by atoms with van der Waals surface area (Å²) >= 11 is 0. The third kappa shape index (κ3) is 1.11. The summed E-state index contributed by atoms with van der Waals surface area (Å²) in [5.74, 6) is -1.37. The van der Waals surface area contributed by atoms with Gasteiger partial charge < -0.3 is 15.8 Å². The molecule has 0 spiro atoms. The Morgan fingerprint density at radius 1 is 1.50 bits per heavy atom. The largest absolute Gasteiger partial charge is 0.466 e. The molecular weight excluding hydrogens is 192 g/mol. The minimum Gasteiger partial charge on any atom is -0.390 e. The molecule has 1 atom stereocenters. The molecule has 9 heteroatoms. The number of carbonyl (C=O) groups excluding carboxylic acids is 1. The fraction of sp³-hybridized carbons (Fsp3) is 0.200. The number of amides is 1. The average molecular weight is 196 g/mol. The van der Waals surface area contributed by atoms with E-state index in [1.165, 1.54) is 0 Å². The number of nitrogens with one attached hydrogen (secondary N) is 1. The predicted octanol–water partition coefficient (Wildman–Crippen LogP) is -2.16. The highest BCUT2D eigenvalue weighted by Gasteiger charge is 2.42. The average Bonchev–Trinajstić information content (AvgIpc) is 2.47. The predicted molar refractivity (Wildman–Crippen MR) is 45.4 cm³/mol. The fourth-order valence-electron chi connectivity index (χ4n) is 1.06. The van der Waals surface area contributed by atoms with Gasteiger partial charge in [-0.3, -0.25) is 10.1 Å². The van der Waals surface area contributed by atoms with Crippen LogP contribution in [0.25, 0.3) is 0 Å². The molecule has 2 aliphatic rings. The van der Waals surface area contributed by atoms with Gasteiger partial charge in [-0.2, -0.15) is 4.99 Å². The fourth-order valence-corrected chi connectivity index (χ4v) is 1.06. The molecule has 2 aliphatic heterocycles. The minimum absolute atomic E-state index is 0.0436. The first-order valence-electron chi connectivity index (χ1n) is 3.54. The Bertz CT molecular complexity index is 421. The molecule has 0 bridgehead atoms. The first-order valence-corrected chi connectivity index (χ1v) is 3.54. The van der Waals surface area contributed by atoms with Crippen molar-refractivity contribution in [3.05, 3.63) is 10.1 Å². The highest BCUT2D eigenvalue weighted by atomic mass is 16.6. The third-order valence-corrected chi connectivity index (χ3v) is 1.60. The summed E-state index contributed by atoms with van der Waals surface area (Å²) in [7, 11) is 0. The van der Waals surface area contributed by atoms with Crippen LogP contribution in [0.5, 0.6) is 0 Å². The van der Waals surface area contributed by atoms with E-state index in [0.717, 1.165) is 0 Å². The van der Waals surface area contributed by atoms with Crippen LogP contribution in [-0.4, -0.2) is 34.6 Å². The van der Waals surface area contributed by atoms with E-state index in [4.69, 9.17) is 5.73 Å². The summed E-state index contributed by atoms with van der Waals surface area (Å²) in [6.07, 6.45) is 0. The zero-order chi connectivity index (χ0) is 10.3. The first-order chi connectivity index (χ1) is 6.58. The molecule has 72 valence electrons. The van der Waals surface area contributed by atoms with Crippen molar-refractivity contribution >= 4 is 23.7 Å². The first kappa shape index (κ1) is 8.29. The van der Waals surface area contributed by atoms with Gasteiger partial charge in [0.15, 0.2) is 0 Å². The van der Waals surface area contributed by atoms with Crippen molar-refractivity contribution in [1.29, 1.82) is 0 Å². The van der Waals surface area contributed by atoms with Gasteiger partial charge in [0.2, 0.25) is 5.96 Å². The Hall–Kier alpha value is -2.32. The van der Waals surface area contributed by atoms with Crippen molar-refractivity contribution in [3.8, 4) is 0 Å². The monoisotopic (exact) mass is 196 g/mol. The number of hydrogen-bond acceptors (Lipinski definition) is 7. The maximum absolute atomic E-state index is 11.2. The van der Waals surface area contributed by atoms with Crippen molar-refractivity contribution < 1.29 is 9.72 Å². The van der Waals surface area contributed by atoms with Crippen LogP contribution in [0.1, 0.15) is 0 Å². The molecule has 9 nitrogen and oxygen atoms in total. The Morgan fingerprint density at radius 3 is 2.86 bits per heavy atom. The molecule has 1 unspecified atom stereocenters. The number of amidine groups is 1. The number of carbonyl (C=O) groups is 1. The van der Waals surface area contributed by atoms with Crippen LogP contribution < -0.4 is 11.1 Å². The number of nitrogens with zero attached hydrogens (tertiary/aromatic N) is 4. The number of hydrogen-bond donors (Lipinski definition) is 2. The molecule has 14 heavy (non-hydrogen) atoms. The number of guanidine groups is 2. The highest BCUT2D eigenvalue weighted by molar-refractivity contribution is 6.23. The van der Waals surface area contributed by atoms with E-state index >= 15 is 0 Å². The van der Waals surface area contributed by atoms with Gasteiger partial charge in [-0.1, -0.05) is 4.99 Å². The van der Waals surface area contributed by atoms with Gasteiger partial charge in [-0.25, -0.2) is 0 Å². The standard InChI is InChI=1S/C5H4N6O3/c6-4-8-2-1(3(12)10-4)7-5(9-2)11(13)14/h1H,(H3,6,7,8,9,10,12). The maximum Gasteiger partial charge on any atom is 0.466 e. The number of nitro groups is 1. The second-order valence-electron chi connectivity index (χ2n) is 2.55. The van der Waals surface area contributed by atoms with Crippen LogP contribution in [0.3, 0.4) is 0 Å². The molecule has 0 aromatic rings. The number of aliphatic imine (C=N–C) groups is 3. The third-order valence-electron chi connectivity index (χ3n) is 1.60. The lowest BCUT2D eigenvalue weighted by atomic mass is 10.2. The summed E-state index contributed by atoms with van der Waals surface area (Å²) in [5, 5.41) is 12.5. The quantitative estimate of drug-likeness (QED) is 0.337. The van der Waals surface area contributed by atoms with E-state index < -0.39 is 22.8 Å². The summed E-state index contributed by atoms with van der Waals surface area (Å²) < 4.78 is 0. The summed E-state index contributed by atoms with van der Waals surface area (Å²) in [6, 6.07) is -1.04. The van der Waals surface area contributed by atoms with E-state index in [9.17, 15) is 14.9 Å². The molecule has 0 radical (unpaired) electrons. The van der Waals surface area contributed by atoms with Crippen LogP contribution in [0.4, 0.5) is 0 Å². The van der Waals surface area contributed by atoms with E-state index in [1.54, 1.807) is 0 Å². The van der Waals surface area contributed by atoms with Crippen LogP contribution in [0.15, 0.2) is 15.0 Å². The lowest BCUT2D eigenvalue weighted by Crippen LogP contribution is -2.49. The van der Waals surface area contributed by atoms with Gasteiger partial charge in [0.05, 0.1) is 0 Å². The molecule has 0 aromatic carbocycles. The number of rotatable bonds is 0. The van der Waals surface area contributed by atoms with Crippen molar-refractivity contribution in [2.75, 3.05) is 0 Å². The van der Waals surface area contributed by atoms with Crippen LogP contribution in [0.2, 0.25) is 0 Å². The lowest BCUT2D eigenvalue weighted by molar-refractivity contribution is -0.351. The van der Waals surface area contributed by atoms with Gasteiger partial charge in [0, 0.05) is 0 Å². The van der Waals surface area contributed by atoms with E-state index in [-0.39, 0.29) is 11.8 Å². The minimum atomic E-state index is -1.04. The Balaban J connectivity index is 2.41. The normalized spacial score (nSPS) is 24.4. The molecule has 2 rings (SSSR count). The smallest absolute Gasteiger partial charge is 0.390 e. The molecule has 0 saturated carbocycles. The van der Waals surface area contributed by atoms with Gasteiger partial charge in [-0.15, -0.1) is 0 Å². The highest BCUT2D eigenvalue weighted by Crippen LogP contribution is 2.10. The summed E-state index contributed by atoms with van der Waals surface area (Å²) in [4.78, 5) is 31.2. The Labute approximate surface area is 76.6 Å². The van der Waals surface area contributed by atoms with Crippen molar-refractivity contribution in [2.24, 2.45) is 20.7 Å². The molecule has 0 saturated heterocycles. The Morgan fingerprint density at radius 2 is 2.21 bits per heavy atom. The van der Waals surface area contributed by atoms with Crippen molar-refractivity contribution in [2.45, 2.75) is 6.04 Å². The van der Waals surface area contributed by atoms with E-state index in [2.05, 4.69) is 20.3 Å². The maximum atomic E-state index is 11.2. The SMILES string of the molecule is NC1=NC2=NC([N+](=O)[O-])=NC2C(=O)N1. The zero-order valence-electron chi connectivity index (χ0n) is 6.67. The molecule has 0 aliphatic carbocycles. The molecule has 0 fully saturated rings. The van der Waals surface area contributed by atoms with Crippen molar-refractivity contribution in [3.63, 3.8) is 0 Å². The van der Waals surface area contributed by atoms with Crippen LogP contribution in [0, 0.1) is 10.1 Å². The second-order valence-corrected chi connectivity index (χ2v) is 2.55. The molecule has 3 N–H and O–H groups in total. The van der Waals surface area contributed by atoms with Gasteiger partial charge in [0.25, 0.3) is 17.8 Å². The van der Waals surface area contributed by atoms with Crippen LogP contribution in [-0.2, 0) is 4.79 Å². The topological polar surface area (TPSA) is 135 Å². The lowest BCUT2D eigenvalue weighted by Gasteiger charge is -2.09. The van der Waals surface area contributed by atoms with Crippen LogP contribution >= 0.6 is 0 Å². The number of fused-ring (bicyclic) bond motifs is 1. The Kier molecular flexibility index (Phi) is 1.53. The molecule has 0 aromatic heterocycles. The molecule has 2 heterocycles. The summed E-state index contributed by atoms with van der Waals surface area (Å²) in [5.41, 5.74) is 5.22. The van der Waals surface area contributed by atoms with Gasteiger partial charge in [0.1, 0.15) is 0 Å². The van der Waals surface area contributed by atoms with Gasteiger partial charge >= 0.3 is 5.96 Å². The van der Waals surface area contributed by atoms with Gasteiger partial charge in [-0.05, 0) is 9.92 Å². The zero-order valence-corrected chi connectivity index (χ0v) is 6.67. The molecular formula is C5H4N6O3. The summed E-state index contributed by atoms with van der Waals surface area (Å²) in [6.45, 7) is 0. The van der Waals surface area contributed by atoms with E-state index in [1.807, 2.05) is 0 Å². The second kappa shape index (κ2) is 2.58. The number of nitrogens with two attached hydrogens (primary N) is 1. The molecule has 1 amide bonds. The van der Waals surface area contributed by atoms with Crippen molar-refractivity contribution in [1.82, 2.24) is 5.32 Å². The van der Waals surface area contributed by atoms with E-state index in [0.29, 0.717) is 0 Å².